The summed E-state index contributed by atoms with van der Waals surface area (Å²) in [6, 6.07) is -3.00. The molecule has 14 saturated carbocycles. The summed E-state index contributed by atoms with van der Waals surface area (Å²) in [5.74, 6) is 1.85. The standard InChI is InChI=1S/C13H21NO2.C12H19NO2.2C11H19NO2.C10H13Cl2NO2.C10H15NO2.2C10H17NO2.2C9H15NO2/c15-12(16)11-7-13(8-14-11)6-10(13)9-4-2-1-3-5-9;14-11(15)10-6-12(7-13-10)5-9(12)8-3-1-2-4-8;1-10(2,3)8-5-11(8)4-7(9(13)14)12-6-11;1-7(2)3-8-4-11(8)5-9(10(13)14)12-6-11;11-10(12)8(2-1-3-8)9(10)4-6(7(14)15)13-5-9;12-8(13)7-4-10(6-11-7)5-9(10)2-1-3-9;1-6(2)7-3-10(7)4-8(9(12)13)11-5-10;1-2-3-7-4-10(7)5-8(9(12)13)11-6-10;1-8(2)4-9(8)3-6(7(11)12)10-5-9;1-2-6-3-9(6)4-7(8(11)12)10-5-9/h9-11,14H,1-8H2,(H,15,16);8-10,13H,1-7H2,(H,14,15);7-8,12H,4-6H2,1-3H3,(H,13,14);7-9,12H,3-6H2,1-2H3,(H,13,14);6,13H,1-5H2,(H,14,15);7,11H,1-6H2,(H,12,13);6-8,11H,3-5H2,1-2H3,(H,12,13);7-8,11H,2-6H2,1H3,(H,12,13);6,10H,3-5H2,1-2H3,(H,11,12);6-7,10H,2-5H2,1H3,(H,11,12)/t10-,11-,13+;9-,10-,12+;7-,8-,11-;8?,9-,11+;6-,9-;7-,10-;7-,8-,10+;7-,8+,10-;6-,9-;6-,7+,9-/m0000000101/s1. The van der Waals surface area contributed by atoms with Gasteiger partial charge in [-0.3, -0.25) is 47.9 Å². The highest BCUT2D eigenvalue weighted by molar-refractivity contribution is 6.52. The van der Waals surface area contributed by atoms with E-state index in [4.69, 9.17) is 74.3 Å². The molecule has 0 aromatic heterocycles. The smallest absolute Gasteiger partial charge is 0.320 e. The number of rotatable bonds is 18. The van der Waals surface area contributed by atoms with Crippen LogP contribution in [0.4, 0.5) is 0 Å². The van der Waals surface area contributed by atoms with E-state index in [0.29, 0.717) is 89.8 Å². The highest BCUT2D eigenvalue weighted by Gasteiger charge is 2.88. The van der Waals surface area contributed by atoms with Gasteiger partial charge in [-0.05, 0) is 284 Å². The maximum Gasteiger partial charge on any atom is 0.320 e. The molecular weight excluding hydrogens is 1790 g/mol. The molecular formula is C105H170Cl2N10O20. The van der Waals surface area contributed by atoms with Gasteiger partial charge in [0, 0.05) is 76.3 Å². The molecule has 30 nitrogen and oxygen atoms in total. The topological polar surface area (TPSA) is 493 Å². The molecule has 10 saturated heterocycles. The quantitative estimate of drug-likeness (QED) is 0.0567. The van der Waals surface area contributed by atoms with E-state index in [1.54, 1.807) is 0 Å². The van der Waals surface area contributed by atoms with Crippen molar-refractivity contribution < 1.29 is 99.0 Å². The lowest BCUT2D eigenvalue weighted by Crippen LogP contribution is -2.30. The van der Waals surface area contributed by atoms with E-state index in [1.165, 1.54) is 167 Å². The number of carbonyl (C=O) groups is 10. The Labute approximate surface area is 821 Å². The first-order valence-electron chi connectivity index (χ1n) is 53.3. The predicted molar refractivity (Wildman–Crippen MR) is 519 cm³/mol. The van der Waals surface area contributed by atoms with Crippen LogP contribution in [0.3, 0.4) is 0 Å². The molecule has 12 spiro atoms. The van der Waals surface area contributed by atoms with Crippen LogP contribution in [0.1, 0.15) is 320 Å². The molecule has 10 aliphatic heterocycles. The summed E-state index contributed by atoms with van der Waals surface area (Å²) in [6.45, 7) is 33.5. The molecule has 1 unspecified atom stereocenters. The zero-order chi connectivity index (χ0) is 99.4. The second-order valence-electron chi connectivity index (χ2n) is 51.6. The Morgan fingerprint density at radius 1 is 0.328 bits per heavy atom. The average molecular weight is 1960 g/mol. The molecule has 10 heterocycles. The Kier molecular flexibility index (Phi) is 30.7. The van der Waals surface area contributed by atoms with Gasteiger partial charge in [0.25, 0.3) is 0 Å². The number of nitrogens with one attached hydrogen (secondary N) is 10. The zero-order valence-electron chi connectivity index (χ0n) is 83.9. The minimum atomic E-state index is -0.794. The van der Waals surface area contributed by atoms with E-state index in [-0.39, 0.29) is 65.2 Å². The van der Waals surface area contributed by atoms with Gasteiger partial charge in [0.2, 0.25) is 0 Å². The van der Waals surface area contributed by atoms with E-state index in [2.05, 4.69) is 129 Å². The third-order valence-corrected chi connectivity index (χ3v) is 42.7. The SMILES string of the molecule is CC(C)(C)[C@@H]1C[C@@]12CN[C@H](C(=O)O)C2.CC(C)CC1C[C@@]12CN[C@H](C(=O)O)C2.CC(C)[C@@H]1C[C@@]12CN[C@H](C(=O)O)C2.CC1(C)C[C@@]12CN[C@H](C(=O)O)C2.CCC[C@@H]1C[C@@]12CN[C@H](C(=O)O)C2.CC[C@@H]1C[C@@]12CN[C@H](C(=O)O)C2.O=C(O)[C@@H]1C[C@@]2(CN1)C(Cl)(Cl)C21CCC1.O=C(O)[C@@H]1C[C@@]2(CN1)CC21CCC1.O=C(O)[C@@H]1C[C@@]2(CN1)C[C@H]2C1CCCC1.O=C(O)[C@@H]1C[C@@]2(CN1)C[C@H]2C1CCCCC1. The number of carboxylic acids is 10. The van der Waals surface area contributed by atoms with Gasteiger partial charge in [0.05, 0.1) is 0 Å². The fraction of sp³-hybridized carbons (Fsp3) is 0.905. The van der Waals surface area contributed by atoms with Crippen LogP contribution >= 0.6 is 23.2 Å². The molecule has 0 bridgehead atoms. The molecule has 32 heteroatoms. The van der Waals surface area contributed by atoms with E-state index >= 15 is 0 Å². The van der Waals surface area contributed by atoms with Crippen LogP contribution in [0, 0.1) is 141 Å². The van der Waals surface area contributed by atoms with Gasteiger partial charge in [-0.25, -0.2) is 0 Å². The Morgan fingerprint density at radius 3 is 0.971 bits per heavy atom. The van der Waals surface area contributed by atoms with E-state index in [0.717, 1.165) is 183 Å². The number of alkyl halides is 2. The molecule has 0 aromatic rings. The van der Waals surface area contributed by atoms with Crippen molar-refractivity contribution in [3.05, 3.63) is 0 Å². The second kappa shape index (κ2) is 39.7. The molecule has 20 N–H and O–H groups in total. The van der Waals surface area contributed by atoms with Crippen LogP contribution in [-0.4, -0.2) is 241 Å². The van der Waals surface area contributed by atoms with Crippen molar-refractivity contribution in [1.82, 2.24) is 53.2 Å². The first-order valence-corrected chi connectivity index (χ1v) is 54.1. The van der Waals surface area contributed by atoms with Gasteiger partial charge in [0.1, 0.15) is 64.8 Å². The Hall–Kier alpha value is -5.12. The van der Waals surface area contributed by atoms with Gasteiger partial charge in [-0.2, -0.15) is 0 Å². The molecule has 0 aromatic carbocycles. The Bertz CT molecular complexity index is 4440. The largest absolute Gasteiger partial charge is 0.480 e. The van der Waals surface area contributed by atoms with Crippen molar-refractivity contribution >= 4 is 82.9 Å². The number of carboxylic acid groups (broad SMARTS) is 10. The Morgan fingerprint density at radius 2 is 0.657 bits per heavy atom. The molecule has 24 fully saturated rings. The van der Waals surface area contributed by atoms with Crippen LogP contribution in [0.15, 0.2) is 0 Å². The van der Waals surface area contributed by atoms with Crippen LogP contribution in [-0.2, 0) is 47.9 Å². The number of halogens is 2. The molecule has 0 amide bonds. The van der Waals surface area contributed by atoms with Crippen LogP contribution in [0.25, 0.3) is 0 Å². The van der Waals surface area contributed by atoms with Crippen molar-refractivity contribution in [3.8, 4) is 0 Å². The Balaban J connectivity index is 0.000000116. The van der Waals surface area contributed by atoms with Crippen molar-refractivity contribution in [3.63, 3.8) is 0 Å². The summed E-state index contributed by atoms with van der Waals surface area (Å²) in [6.07, 6.45) is 44.3. The molecule has 774 valence electrons. The molecule has 24 rings (SSSR count). The highest BCUT2D eigenvalue weighted by atomic mass is 35.5. The minimum absolute atomic E-state index is 0.0142. The number of aliphatic carboxylic acids is 10. The fourth-order valence-corrected chi connectivity index (χ4v) is 32.8. The van der Waals surface area contributed by atoms with Crippen molar-refractivity contribution in [2.24, 2.45) is 141 Å². The average Bonchev–Trinajstić information content (AvgIpc) is 1.45. The molecule has 24 aliphatic rings. The molecule has 14 aliphatic carbocycles. The zero-order valence-corrected chi connectivity index (χ0v) is 85.4. The third kappa shape index (κ3) is 21.6. The summed E-state index contributed by atoms with van der Waals surface area (Å²) in [5.41, 5.74) is 4.34. The lowest BCUT2D eigenvalue weighted by Gasteiger charge is -2.30. The number of hydrogen-bond donors (Lipinski definition) is 20. The summed E-state index contributed by atoms with van der Waals surface area (Å²) >= 11 is 12.7. The third-order valence-electron chi connectivity index (χ3n) is 41.2. The summed E-state index contributed by atoms with van der Waals surface area (Å²) in [7, 11) is 0. The van der Waals surface area contributed by atoms with Crippen LogP contribution in [0.2, 0.25) is 0 Å². The summed E-state index contributed by atoms with van der Waals surface area (Å²) < 4.78 is -0.699. The maximum absolute atomic E-state index is 10.9. The van der Waals surface area contributed by atoms with E-state index in [1.807, 2.05) is 0 Å². The second-order valence-corrected chi connectivity index (χ2v) is 52.9. The molecule has 137 heavy (non-hydrogen) atoms. The number of fused-ring (bicyclic) bond motifs is 2. The van der Waals surface area contributed by atoms with Gasteiger partial charge >= 0.3 is 59.7 Å². The monoisotopic (exact) mass is 1960 g/mol. The number of hydrogen-bond acceptors (Lipinski definition) is 20. The first kappa shape index (κ1) is 106. The van der Waals surface area contributed by atoms with Crippen molar-refractivity contribution in [2.45, 2.75) is 385 Å². The van der Waals surface area contributed by atoms with Gasteiger partial charge in [-0.1, -0.05) is 166 Å². The van der Waals surface area contributed by atoms with Crippen molar-refractivity contribution in [1.29, 1.82) is 0 Å². The maximum atomic E-state index is 10.9. The van der Waals surface area contributed by atoms with Crippen LogP contribution < -0.4 is 53.2 Å². The molecule has 0 radical (unpaired) electrons. The van der Waals surface area contributed by atoms with Gasteiger partial charge in [0.15, 0.2) is 0 Å². The lowest BCUT2D eigenvalue weighted by molar-refractivity contribution is -0.140. The fourth-order valence-electron chi connectivity index (χ4n) is 31.5. The van der Waals surface area contributed by atoms with E-state index < -0.39 is 70.1 Å². The van der Waals surface area contributed by atoms with E-state index in [9.17, 15) is 47.9 Å². The first-order chi connectivity index (χ1) is 64.3. The summed E-state index contributed by atoms with van der Waals surface area (Å²) in [4.78, 5) is 108. The minimum Gasteiger partial charge on any atom is -0.480 e. The summed E-state index contributed by atoms with van der Waals surface area (Å²) in [5, 5.41) is 120. The van der Waals surface area contributed by atoms with Crippen molar-refractivity contribution in [2.75, 3.05) is 65.4 Å². The highest BCUT2D eigenvalue weighted by Crippen LogP contribution is 2.87. The normalized spacial score (nSPS) is 43.5. The lowest BCUT2D eigenvalue weighted by atomic mass is 9.74. The predicted octanol–water partition coefficient (Wildman–Crippen LogP) is 13.4. The van der Waals surface area contributed by atoms with Gasteiger partial charge < -0.3 is 104 Å². The van der Waals surface area contributed by atoms with Crippen LogP contribution in [0.5, 0.6) is 0 Å². The molecule has 27 atom stereocenters. The van der Waals surface area contributed by atoms with Gasteiger partial charge in [-0.15, -0.1) is 23.2 Å².